The first-order valence-corrected chi connectivity index (χ1v) is 16.5. The maximum absolute atomic E-state index is 12.9. The molecule has 0 aliphatic rings. The number of ether oxygens (including phenoxy) is 4. The molecule has 0 atom stereocenters. The van der Waals surface area contributed by atoms with Gasteiger partial charge in [0.15, 0.2) is 0 Å². The second-order valence-electron chi connectivity index (χ2n) is 11.6. The van der Waals surface area contributed by atoms with Crippen molar-refractivity contribution < 1.29 is 43.5 Å². The molecule has 52 heavy (non-hydrogen) atoms. The number of nitrogens with zero attached hydrogens (tertiary/aromatic N) is 2. The first kappa shape index (κ1) is 37.2. The van der Waals surface area contributed by atoms with Gasteiger partial charge in [-0.05, 0) is 84.4 Å². The molecular weight excluding hydrogens is 668 g/mol. The standard InChI is InChI=1S/C39H40N4O9/c1-49-32-11-7-26(8-12-32)34-35(27-9-13-33(50-2)14-10-27)43(36(42-34)29-21-30(38(45)46)23-31(22-29)39(47)48)24-25-3-5-28(6-4-25)37(44)41-16-18-52-20-19-51-17-15-40/h3-14,21-23H,15-20,24,40H2,1-2H3,(H,41,44)(H,45,46)(H,47,48). The van der Waals surface area contributed by atoms with E-state index in [4.69, 9.17) is 29.7 Å². The van der Waals surface area contributed by atoms with E-state index in [9.17, 15) is 24.6 Å². The summed E-state index contributed by atoms with van der Waals surface area (Å²) in [5.41, 5.74) is 9.37. The first-order chi connectivity index (χ1) is 25.2. The fraction of sp³-hybridized carbons (Fsp3) is 0.231. The summed E-state index contributed by atoms with van der Waals surface area (Å²) in [6, 6.07) is 25.8. The highest BCUT2D eigenvalue weighted by Gasteiger charge is 2.24. The number of benzene rings is 4. The zero-order valence-electron chi connectivity index (χ0n) is 28.8. The van der Waals surface area contributed by atoms with Crippen molar-refractivity contribution in [2.75, 3.05) is 53.7 Å². The summed E-state index contributed by atoms with van der Waals surface area (Å²) < 4.78 is 23.4. The van der Waals surface area contributed by atoms with Crippen LogP contribution in [0.5, 0.6) is 11.5 Å². The van der Waals surface area contributed by atoms with Crippen molar-refractivity contribution in [2.45, 2.75) is 6.54 Å². The molecule has 0 bridgehead atoms. The third kappa shape index (κ3) is 9.20. The minimum Gasteiger partial charge on any atom is -0.497 e. The SMILES string of the molecule is COc1ccc(-c2nc(-c3cc(C(=O)O)cc(C(=O)O)c3)n(Cc3ccc(C(=O)NCCOCCOCCN)cc3)c2-c2ccc(OC)cc2)cc1. The van der Waals surface area contributed by atoms with E-state index in [0.717, 1.165) is 22.8 Å². The van der Waals surface area contributed by atoms with Crippen molar-refractivity contribution in [3.8, 4) is 45.4 Å². The molecule has 13 nitrogen and oxygen atoms in total. The molecule has 1 aromatic heterocycles. The molecule has 270 valence electrons. The Hall–Kier alpha value is -6.02. The number of aromatic carboxylic acids is 2. The average Bonchev–Trinajstić information content (AvgIpc) is 3.54. The maximum atomic E-state index is 12.9. The predicted octanol–water partition coefficient (Wildman–Crippen LogP) is 5.07. The van der Waals surface area contributed by atoms with Crippen LogP contribution in [-0.2, 0) is 16.0 Å². The number of imidazole rings is 1. The van der Waals surface area contributed by atoms with E-state index in [1.54, 1.807) is 26.4 Å². The Balaban J connectivity index is 1.55. The van der Waals surface area contributed by atoms with Crippen molar-refractivity contribution >= 4 is 17.8 Å². The zero-order chi connectivity index (χ0) is 37.0. The van der Waals surface area contributed by atoms with Gasteiger partial charge in [-0.1, -0.05) is 12.1 Å². The van der Waals surface area contributed by atoms with Gasteiger partial charge in [-0.2, -0.15) is 0 Å². The number of hydrogen-bond donors (Lipinski definition) is 4. The topological polar surface area (TPSA) is 184 Å². The number of nitrogens with two attached hydrogens (primary N) is 1. The zero-order valence-corrected chi connectivity index (χ0v) is 28.8. The van der Waals surface area contributed by atoms with Gasteiger partial charge >= 0.3 is 11.9 Å². The van der Waals surface area contributed by atoms with E-state index < -0.39 is 11.9 Å². The second kappa shape index (κ2) is 17.8. The quantitative estimate of drug-likeness (QED) is 0.0892. The van der Waals surface area contributed by atoms with Gasteiger partial charge in [-0.15, -0.1) is 0 Å². The van der Waals surface area contributed by atoms with E-state index >= 15 is 0 Å². The Labute approximate surface area is 300 Å². The number of amides is 1. The molecule has 5 N–H and O–H groups in total. The molecule has 0 saturated heterocycles. The number of carboxylic acids is 2. The van der Waals surface area contributed by atoms with E-state index in [0.29, 0.717) is 79.4 Å². The van der Waals surface area contributed by atoms with Gasteiger partial charge < -0.3 is 44.8 Å². The van der Waals surface area contributed by atoms with E-state index in [2.05, 4.69) is 5.32 Å². The maximum Gasteiger partial charge on any atom is 0.335 e. The molecule has 0 radical (unpaired) electrons. The summed E-state index contributed by atoms with van der Waals surface area (Å²) in [5.74, 6) is -1.16. The van der Waals surface area contributed by atoms with Crippen LogP contribution in [0, 0.1) is 0 Å². The monoisotopic (exact) mass is 708 g/mol. The van der Waals surface area contributed by atoms with Gasteiger partial charge in [0.05, 0.1) is 63.2 Å². The highest BCUT2D eigenvalue weighted by Crippen LogP contribution is 2.38. The van der Waals surface area contributed by atoms with E-state index in [1.807, 2.05) is 65.2 Å². The van der Waals surface area contributed by atoms with Crippen molar-refractivity contribution in [2.24, 2.45) is 5.73 Å². The van der Waals surface area contributed by atoms with Crippen LogP contribution < -0.4 is 20.5 Å². The fourth-order valence-electron chi connectivity index (χ4n) is 5.51. The van der Waals surface area contributed by atoms with Gasteiger partial charge in [-0.25, -0.2) is 14.6 Å². The normalized spacial score (nSPS) is 10.9. The lowest BCUT2D eigenvalue weighted by atomic mass is 10.0. The number of carboxylic acid groups (broad SMARTS) is 2. The fourth-order valence-corrected chi connectivity index (χ4v) is 5.51. The van der Waals surface area contributed by atoms with Crippen LogP contribution in [0.2, 0.25) is 0 Å². The molecule has 0 spiro atoms. The number of rotatable bonds is 18. The van der Waals surface area contributed by atoms with Crippen LogP contribution in [-0.4, -0.2) is 91.3 Å². The lowest BCUT2D eigenvalue weighted by molar-refractivity contribution is 0.0511. The largest absolute Gasteiger partial charge is 0.497 e. The predicted molar refractivity (Wildman–Crippen MR) is 194 cm³/mol. The minimum atomic E-state index is -1.27. The molecular formula is C39H40N4O9. The molecule has 0 aliphatic carbocycles. The number of nitrogens with one attached hydrogen (secondary N) is 1. The van der Waals surface area contributed by atoms with Gasteiger partial charge in [0.25, 0.3) is 5.91 Å². The van der Waals surface area contributed by atoms with Gasteiger partial charge in [0, 0.05) is 41.9 Å². The van der Waals surface area contributed by atoms with Crippen LogP contribution in [0.4, 0.5) is 0 Å². The first-order valence-electron chi connectivity index (χ1n) is 16.5. The summed E-state index contributed by atoms with van der Waals surface area (Å²) >= 11 is 0. The summed E-state index contributed by atoms with van der Waals surface area (Å²) in [6.07, 6.45) is 0. The van der Waals surface area contributed by atoms with Crippen molar-refractivity contribution in [3.05, 3.63) is 113 Å². The molecule has 1 amide bonds. The Morgan fingerprint density at radius 1 is 0.692 bits per heavy atom. The van der Waals surface area contributed by atoms with Crippen molar-refractivity contribution in [1.82, 2.24) is 14.9 Å². The molecule has 0 fully saturated rings. The third-order valence-electron chi connectivity index (χ3n) is 8.10. The molecule has 0 unspecified atom stereocenters. The van der Waals surface area contributed by atoms with Gasteiger partial charge in [-0.3, -0.25) is 4.79 Å². The number of hydrogen-bond acceptors (Lipinski definition) is 9. The van der Waals surface area contributed by atoms with Gasteiger partial charge in [0.2, 0.25) is 0 Å². The lowest BCUT2D eigenvalue weighted by Crippen LogP contribution is -2.27. The Bertz CT molecular complexity index is 1960. The van der Waals surface area contributed by atoms with E-state index in [1.165, 1.54) is 12.1 Å². The molecule has 0 saturated carbocycles. The smallest absolute Gasteiger partial charge is 0.335 e. The van der Waals surface area contributed by atoms with Crippen molar-refractivity contribution in [1.29, 1.82) is 0 Å². The molecule has 5 aromatic rings. The molecule has 4 aromatic carbocycles. The van der Waals surface area contributed by atoms with Crippen LogP contribution >= 0.6 is 0 Å². The summed E-state index contributed by atoms with van der Waals surface area (Å²) in [5, 5.41) is 22.6. The molecule has 5 rings (SSSR count). The summed E-state index contributed by atoms with van der Waals surface area (Å²) in [4.78, 5) is 42.1. The average molecular weight is 709 g/mol. The summed E-state index contributed by atoms with van der Waals surface area (Å²) in [7, 11) is 3.15. The number of carbonyl (C=O) groups is 3. The van der Waals surface area contributed by atoms with Crippen LogP contribution in [0.3, 0.4) is 0 Å². The van der Waals surface area contributed by atoms with Gasteiger partial charge in [0.1, 0.15) is 17.3 Å². The van der Waals surface area contributed by atoms with Crippen LogP contribution in [0.15, 0.2) is 91.0 Å². The second-order valence-corrected chi connectivity index (χ2v) is 11.6. The highest BCUT2D eigenvalue weighted by atomic mass is 16.5. The number of methoxy groups -OCH3 is 2. The van der Waals surface area contributed by atoms with Crippen LogP contribution in [0.25, 0.3) is 33.9 Å². The Morgan fingerprint density at radius 3 is 1.79 bits per heavy atom. The lowest BCUT2D eigenvalue weighted by Gasteiger charge is -2.15. The molecule has 1 heterocycles. The number of carbonyl (C=O) groups excluding carboxylic acids is 1. The number of aromatic nitrogens is 2. The van der Waals surface area contributed by atoms with E-state index in [-0.39, 0.29) is 23.6 Å². The van der Waals surface area contributed by atoms with Crippen LogP contribution in [0.1, 0.15) is 36.6 Å². The third-order valence-corrected chi connectivity index (χ3v) is 8.10. The minimum absolute atomic E-state index is 0.192. The molecule has 13 heteroatoms. The highest BCUT2D eigenvalue weighted by molar-refractivity contribution is 5.96. The summed E-state index contributed by atoms with van der Waals surface area (Å²) in [6.45, 7) is 2.63. The van der Waals surface area contributed by atoms with Crippen molar-refractivity contribution in [3.63, 3.8) is 0 Å². The molecule has 0 aliphatic heterocycles. The Morgan fingerprint density at radius 2 is 1.25 bits per heavy atom. The Kier molecular flexibility index (Phi) is 12.7.